The van der Waals surface area contributed by atoms with Gasteiger partial charge in [-0.1, -0.05) is 48.5 Å². The average Bonchev–Trinajstić information content (AvgIpc) is 2.53. The molecule has 0 aliphatic heterocycles. The molecule has 0 radical (unpaired) electrons. The number of anilines is 1. The van der Waals surface area contributed by atoms with E-state index in [1.165, 1.54) is 0 Å². The van der Waals surface area contributed by atoms with Gasteiger partial charge in [-0.2, -0.15) is 0 Å². The second kappa shape index (κ2) is 7.68. The summed E-state index contributed by atoms with van der Waals surface area (Å²) < 4.78 is 0. The maximum atomic E-state index is 10.3. The molecule has 20 heavy (non-hydrogen) atoms. The van der Waals surface area contributed by atoms with E-state index in [-0.39, 0.29) is 6.61 Å². The molecule has 0 spiro atoms. The third-order valence-corrected chi connectivity index (χ3v) is 3.29. The number of hydrogen-bond acceptors (Lipinski definition) is 3. The van der Waals surface area contributed by atoms with Gasteiger partial charge in [0.2, 0.25) is 0 Å². The van der Waals surface area contributed by atoms with E-state index in [9.17, 15) is 5.11 Å². The normalized spacial score (nSPS) is 12.1. The first-order chi connectivity index (χ1) is 9.81. The van der Waals surface area contributed by atoms with Crippen LogP contribution in [-0.4, -0.2) is 29.9 Å². The van der Waals surface area contributed by atoms with Crippen LogP contribution in [0, 0.1) is 0 Å². The van der Waals surface area contributed by atoms with Crippen LogP contribution in [0.4, 0.5) is 5.69 Å². The van der Waals surface area contributed by atoms with Crippen LogP contribution in [0.1, 0.15) is 18.1 Å². The maximum absolute atomic E-state index is 10.3. The number of nitrogens with zero attached hydrogens (tertiary/aromatic N) is 1. The third kappa shape index (κ3) is 4.08. The van der Waals surface area contributed by atoms with E-state index in [1.807, 2.05) is 60.7 Å². The Bertz CT molecular complexity index is 487. The smallest absolute Gasteiger partial charge is 0.0964 e. The molecular weight excluding hydrogens is 250 g/mol. The van der Waals surface area contributed by atoms with Crippen LogP contribution in [0.15, 0.2) is 60.7 Å². The van der Waals surface area contributed by atoms with Crippen molar-refractivity contribution >= 4 is 5.69 Å². The maximum Gasteiger partial charge on any atom is 0.0964 e. The molecule has 0 amide bonds. The second-order valence-corrected chi connectivity index (χ2v) is 4.79. The molecule has 2 N–H and O–H groups in total. The first-order valence-electron chi connectivity index (χ1n) is 6.95. The van der Waals surface area contributed by atoms with Crippen molar-refractivity contribution in [3.05, 3.63) is 66.2 Å². The summed E-state index contributed by atoms with van der Waals surface area (Å²) in [6.07, 6.45) is 0.159. The molecule has 106 valence electrons. The molecule has 1 atom stereocenters. The van der Waals surface area contributed by atoms with Gasteiger partial charge in [0, 0.05) is 25.4 Å². The van der Waals surface area contributed by atoms with Gasteiger partial charge in [0.1, 0.15) is 0 Å². The van der Waals surface area contributed by atoms with Crippen molar-refractivity contribution in [3.8, 4) is 0 Å². The third-order valence-electron chi connectivity index (χ3n) is 3.29. The minimum atomic E-state index is -0.532. The minimum absolute atomic E-state index is 0.158. The lowest BCUT2D eigenvalue weighted by Gasteiger charge is -2.27. The van der Waals surface area contributed by atoms with Crippen molar-refractivity contribution in [1.29, 1.82) is 0 Å². The predicted molar refractivity (Wildman–Crippen MR) is 81.8 cm³/mol. The van der Waals surface area contributed by atoms with Gasteiger partial charge in [-0.05, 0) is 24.1 Å². The van der Waals surface area contributed by atoms with Crippen LogP contribution in [0.3, 0.4) is 0 Å². The number of para-hydroxylation sites is 1. The Labute approximate surface area is 120 Å². The molecule has 2 aromatic rings. The van der Waals surface area contributed by atoms with Crippen LogP contribution < -0.4 is 4.90 Å². The Morgan fingerprint density at radius 1 is 0.900 bits per heavy atom. The van der Waals surface area contributed by atoms with E-state index in [4.69, 9.17) is 5.11 Å². The highest BCUT2D eigenvalue weighted by atomic mass is 16.3. The zero-order valence-electron chi connectivity index (χ0n) is 11.5. The van der Waals surface area contributed by atoms with Crippen molar-refractivity contribution in [3.63, 3.8) is 0 Å². The topological polar surface area (TPSA) is 43.7 Å². The quantitative estimate of drug-likeness (QED) is 0.813. The van der Waals surface area contributed by atoms with E-state index in [1.54, 1.807) is 0 Å². The molecule has 2 rings (SSSR count). The number of benzene rings is 2. The minimum Gasteiger partial charge on any atom is -0.396 e. The summed E-state index contributed by atoms with van der Waals surface area (Å²) in [7, 11) is 0. The van der Waals surface area contributed by atoms with Crippen molar-refractivity contribution in [2.45, 2.75) is 12.5 Å². The van der Waals surface area contributed by atoms with Gasteiger partial charge < -0.3 is 15.1 Å². The molecule has 0 bridgehead atoms. The second-order valence-electron chi connectivity index (χ2n) is 4.79. The molecule has 0 aliphatic rings. The Morgan fingerprint density at radius 3 is 2.10 bits per heavy atom. The van der Waals surface area contributed by atoms with E-state index < -0.39 is 6.10 Å². The SMILES string of the molecule is OCCCN(CC(O)c1ccccc1)c1ccccc1. The summed E-state index contributed by atoms with van der Waals surface area (Å²) in [5.41, 5.74) is 1.98. The Kier molecular flexibility index (Phi) is 5.59. The first kappa shape index (κ1) is 14.6. The number of rotatable bonds is 7. The van der Waals surface area contributed by atoms with Gasteiger partial charge in [0.05, 0.1) is 6.10 Å². The fraction of sp³-hybridized carbons (Fsp3) is 0.294. The molecular formula is C17H21NO2. The highest BCUT2D eigenvalue weighted by Crippen LogP contribution is 2.19. The number of hydrogen-bond donors (Lipinski definition) is 2. The lowest BCUT2D eigenvalue weighted by Crippen LogP contribution is -2.30. The molecule has 0 aliphatic carbocycles. The van der Waals surface area contributed by atoms with Crippen LogP contribution in [0.5, 0.6) is 0 Å². The number of aliphatic hydroxyl groups excluding tert-OH is 2. The van der Waals surface area contributed by atoms with Gasteiger partial charge in [-0.25, -0.2) is 0 Å². The van der Waals surface area contributed by atoms with Crippen LogP contribution in [0.2, 0.25) is 0 Å². The highest BCUT2D eigenvalue weighted by Gasteiger charge is 2.13. The Morgan fingerprint density at radius 2 is 1.50 bits per heavy atom. The van der Waals surface area contributed by atoms with Crippen LogP contribution in [-0.2, 0) is 0 Å². The number of aliphatic hydroxyl groups is 2. The van der Waals surface area contributed by atoms with Crippen molar-refractivity contribution in [1.82, 2.24) is 0 Å². The molecule has 3 nitrogen and oxygen atoms in total. The zero-order valence-corrected chi connectivity index (χ0v) is 11.5. The molecule has 0 heterocycles. The summed E-state index contributed by atoms with van der Waals surface area (Å²) in [6.45, 7) is 1.41. The summed E-state index contributed by atoms with van der Waals surface area (Å²) in [6, 6.07) is 19.6. The van der Waals surface area contributed by atoms with E-state index in [0.717, 1.165) is 17.8 Å². The average molecular weight is 271 g/mol. The molecule has 2 aromatic carbocycles. The van der Waals surface area contributed by atoms with Crippen LogP contribution in [0.25, 0.3) is 0 Å². The molecule has 0 aromatic heterocycles. The predicted octanol–water partition coefficient (Wildman–Crippen LogP) is 2.61. The Balaban J connectivity index is 2.08. The molecule has 0 saturated carbocycles. The highest BCUT2D eigenvalue weighted by molar-refractivity contribution is 5.46. The van der Waals surface area contributed by atoms with Gasteiger partial charge >= 0.3 is 0 Å². The first-order valence-corrected chi connectivity index (χ1v) is 6.95. The van der Waals surface area contributed by atoms with E-state index in [0.29, 0.717) is 13.0 Å². The fourth-order valence-electron chi connectivity index (χ4n) is 2.22. The standard InChI is InChI=1S/C17H21NO2/c19-13-7-12-18(16-10-5-2-6-11-16)14-17(20)15-8-3-1-4-9-15/h1-6,8-11,17,19-20H,7,12-14H2. The van der Waals surface area contributed by atoms with Gasteiger partial charge in [0.15, 0.2) is 0 Å². The fourth-order valence-corrected chi connectivity index (χ4v) is 2.22. The van der Waals surface area contributed by atoms with Crippen molar-refractivity contribution in [2.24, 2.45) is 0 Å². The Hall–Kier alpha value is -1.84. The van der Waals surface area contributed by atoms with Gasteiger partial charge in [-0.15, -0.1) is 0 Å². The van der Waals surface area contributed by atoms with E-state index in [2.05, 4.69) is 4.90 Å². The monoisotopic (exact) mass is 271 g/mol. The van der Waals surface area contributed by atoms with Gasteiger partial charge in [0.25, 0.3) is 0 Å². The molecule has 0 fully saturated rings. The van der Waals surface area contributed by atoms with Crippen molar-refractivity contribution < 1.29 is 10.2 Å². The summed E-state index contributed by atoms with van der Waals surface area (Å²) in [4.78, 5) is 2.11. The molecule has 0 saturated heterocycles. The summed E-state index contributed by atoms with van der Waals surface area (Å²) in [5, 5.41) is 19.4. The summed E-state index contributed by atoms with van der Waals surface area (Å²) in [5.74, 6) is 0. The van der Waals surface area contributed by atoms with Crippen LogP contribution >= 0.6 is 0 Å². The van der Waals surface area contributed by atoms with Crippen molar-refractivity contribution in [2.75, 3.05) is 24.6 Å². The molecule has 3 heteroatoms. The van der Waals surface area contributed by atoms with E-state index >= 15 is 0 Å². The van der Waals surface area contributed by atoms with Gasteiger partial charge in [-0.3, -0.25) is 0 Å². The summed E-state index contributed by atoms with van der Waals surface area (Å²) >= 11 is 0. The zero-order chi connectivity index (χ0) is 14.2. The molecule has 1 unspecified atom stereocenters. The largest absolute Gasteiger partial charge is 0.396 e. The lowest BCUT2D eigenvalue weighted by atomic mass is 10.1. The lowest BCUT2D eigenvalue weighted by molar-refractivity contribution is 0.182.